The summed E-state index contributed by atoms with van der Waals surface area (Å²) < 4.78 is 13.2. The van der Waals surface area contributed by atoms with E-state index in [1.54, 1.807) is 47.2 Å². The van der Waals surface area contributed by atoms with Gasteiger partial charge in [-0.1, -0.05) is 37.0 Å². The lowest BCUT2D eigenvalue weighted by Crippen LogP contribution is -2.59. The third-order valence-electron chi connectivity index (χ3n) is 9.04. The second-order valence-corrected chi connectivity index (χ2v) is 14.9. The first-order valence-corrected chi connectivity index (χ1v) is 17.2. The second-order valence-electron chi connectivity index (χ2n) is 14.0. The van der Waals surface area contributed by atoms with Gasteiger partial charge in [0.1, 0.15) is 11.4 Å². The maximum absolute atomic E-state index is 14.7. The van der Waals surface area contributed by atoms with E-state index in [1.807, 2.05) is 51.7 Å². The molecule has 11 nitrogen and oxygen atoms in total. The third kappa shape index (κ3) is 6.89. The van der Waals surface area contributed by atoms with E-state index >= 15 is 0 Å². The quantitative estimate of drug-likeness (QED) is 0.231. The van der Waals surface area contributed by atoms with E-state index < -0.39 is 17.6 Å². The van der Waals surface area contributed by atoms with Crippen LogP contribution >= 0.6 is 23.2 Å². The van der Waals surface area contributed by atoms with Gasteiger partial charge in [-0.3, -0.25) is 14.6 Å². The van der Waals surface area contributed by atoms with Crippen LogP contribution in [0.25, 0.3) is 28.1 Å². The Hall–Kier alpha value is -4.61. The number of methoxy groups -OCH3 is 1. The molecule has 0 unspecified atom stereocenters. The fraction of sp³-hybridized carbons (Fsp3) is 0.378. The Bertz CT molecular complexity index is 1980. The van der Waals surface area contributed by atoms with Gasteiger partial charge in [-0.15, -0.1) is 0 Å². The minimum atomic E-state index is -0.631. The lowest BCUT2D eigenvalue weighted by Gasteiger charge is -2.43. The van der Waals surface area contributed by atoms with Gasteiger partial charge in [-0.05, 0) is 81.5 Å². The van der Waals surface area contributed by atoms with Crippen LogP contribution in [0.15, 0.2) is 48.8 Å². The molecule has 4 aromatic rings. The van der Waals surface area contributed by atoms with Crippen LogP contribution in [0.1, 0.15) is 66.6 Å². The Kier molecular flexibility index (Phi) is 9.58. The molecule has 50 heavy (non-hydrogen) atoms. The summed E-state index contributed by atoms with van der Waals surface area (Å²) in [4.78, 5) is 47.4. The first-order chi connectivity index (χ1) is 23.6. The SMILES string of the molecule is COc1cc2c(cc1-c1cncc(C(N)=O)c1)-c1c(c(C(=O)N3CCN(C(=O)OC(C)(C)C)C[C@@H]3C(C)C)nn1-c1cc(Cl)cc(Cl)c1)CC2. The molecule has 1 aliphatic carbocycles. The number of nitrogens with two attached hydrogens (primary N) is 1. The number of nitrogens with zero attached hydrogens (tertiary/aromatic N) is 5. The fourth-order valence-corrected chi connectivity index (χ4v) is 7.18. The first-order valence-electron chi connectivity index (χ1n) is 16.5. The zero-order chi connectivity index (χ0) is 36.1. The third-order valence-corrected chi connectivity index (χ3v) is 9.47. The number of hydrogen-bond acceptors (Lipinski definition) is 7. The lowest BCUT2D eigenvalue weighted by molar-refractivity contribution is -0.00108. The molecule has 1 aliphatic heterocycles. The minimum absolute atomic E-state index is 0.0503. The Morgan fingerprint density at radius 2 is 1.68 bits per heavy atom. The number of amides is 3. The number of carbonyl (C=O) groups excluding carboxylic acids is 3. The van der Waals surface area contributed by atoms with Crippen molar-refractivity contribution in [1.29, 1.82) is 0 Å². The van der Waals surface area contributed by atoms with Crippen molar-refractivity contribution in [2.45, 2.75) is 59.1 Å². The highest BCUT2D eigenvalue weighted by molar-refractivity contribution is 6.34. The molecule has 0 saturated carbocycles. The van der Waals surface area contributed by atoms with Crippen LogP contribution < -0.4 is 10.5 Å². The van der Waals surface area contributed by atoms with Gasteiger partial charge in [0.25, 0.3) is 5.91 Å². The molecule has 0 spiro atoms. The molecule has 2 N–H and O–H groups in total. The molecule has 3 amide bonds. The maximum Gasteiger partial charge on any atom is 0.410 e. The molecule has 262 valence electrons. The zero-order valence-electron chi connectivity index (χ0n) is 28.9. The number of carbonyl (C=O) groups is 3. The molecule has 2 aliphatic rings. The van der Waals surface area contributed by atoms with Crippen molar-refractivity contribution < 1.29 is 23.9 Å². The summed E-state index contributed by atoms with van der Waals surface area (Å²) in [5.74, 6) is -0.156. The summed E-state index contributed by atoms with van der Waals surface area (Å²) >= 11 is 13.0. The molecule has 3 heterocycles. The number of halogens is 2. The second kappa shape index (κ2) is 13.6. The number of aromatic nitrogens is 3. The number of ether oxygens (including phenoxy) is 2. The number of hydrogen-bond donors (Lipinski definition) is 1. The minimum Gasteiger partial charge on any atom is -0.496 e. The van der Waals surface area contributed by atoms with Crippen molar-refractivity contribution in [2.75, 3.05) is 26.7 Å². The van der Waals surface area contributed by atoms with Crippen LogP contribution in [0.4, 0.5) is 4.79 Å². The number of piperazine rings is 1. The van der Waals surface area contributed by atoms with Crippen LogP contribution in [0.3, 0.4) is 0 Å². The smallest absolute Gasteiger partial charge is 0.410 e. The summed E-state index contributed by atoms with van der Waals surface area (Å²) in [7, 11) is 1.59. The lowest BCUT2D eigenvalue weighted by atomic mass is 9.86. The highest BCUT2D eigenvalue weighted by Gasteiger charge is 2.39. The van der Waals surface area contributed by atoms with Crippen molar-refractivity contribution in [2.24, 2.45) is 11.7 Å². The number of pyridine rings is 1. The van der Waals surface area contributed by atoms with Crippen molar-refractivity contribution in [3.8, 4) is 33.8 Å². The molecule has 13 heteroatoms. The maximum atomic E-state index is 14.7. The molecule has 1 fully saturated rings. The number of benzene rings is 2. The predicted octanol–water partition coefficient (Wildman–Crippen LogP) is 6.83. The van der Waals surface area contributed by atoms with Crippen LogP contribution in [0.5, 0.6) is 5.75 Å². The van der Waals surface area contributed by atoms with E-state index in [2.05, 4.69) is 4.98 Å². The van der Waals surface area contributed by atoms with E-state index in [0.717, 1.165) is 22.4 Å². The summed E-state index contributed by atoms with van der Waals surface area (Å²) in [5, 5.41) is 5.84. The molecule has 1 saturated heterocycles. The standard InChI is InChI=1S/C37H40Cl2N6O5/c1-20(2)30-19-43(36(48)50-37(3,4)5)9-10-44(30)35(47)32-27-8-7-21-12-31(49-6)28(22-11-23(34(40)46)18-41-17-22)16-29(21)33(27)45(42-32)26-14-24(38)13-25(39)15-26/h11-18,20,30H,7-10,19H2,1-6H3,(H2,40,46)/t30-/m1/s1. The number of fused-ring (bicyclic) bond motifs is 3. The van der Waals surface area contributed by atoms with Gasteiger partial charge >= 0.3 is 6.09 Å². The van der Waals surface area contributed by atoms with E-state index in [4.69, 9.17) is 43.5 Å². The van der Waals surface area contributed by atoms with Gasteiger partial charge in [-0.2, -0.15) is 5.10 Å². The molecule has 2 aromatic carbocycles. The monoisotopic (exact) mass is 718 g/mol. The van der Waals surface area contributed by atoms with Crippen LogP contribution in [0, 0.1) is 5.92 Å². The molecule has 1 atom stereocenters. The van der Waals surface area contributed by atoms with Gasteiger partial charge in [0.05, 0.1) is 30.1 Å². The Morgan fingerprint density at radius 1 is 0.960 bits per heavy atom. The topological polar surface area (TPSA) is 133 Å². The molecular weight excluding hydrogens is 679 g/mol. The average Bonchev–Trinajstić information content (AvgIpc) is 3.46. The first kappa shape index (κ1) is 35.2. The fourth-order valence-electron chi connectivity index (χ4n) is 6.67. The van der Waals surface area contributed by atoms with Gasteiger partial charge < -0.3 is 25.0 Å². The summed E-state index contributed by atoms with van der Waals surface area (Å²) in [6, 6.07) is 10.5. The van der Waals surface area contributed by atoms with Gasteiger partial charge in [0.2, 0.25) is 5.91 Å². The molecule has 0 bridgehead atoms. The Labute approximate surface area is 301 Å². The van der Waals surface area contributed by atoms with E-state index in [1.165, 1.54) is 6.20 Å². The van der Waals surface area contributed by atoms with Crippen LogP contribution in [-0.2, 0) is 17.6 Å². The Balaban J connectivity index is 1.48. The van der Waals surface area contributed by atoms with Crippen LogP contribution in [0.2, 0.25) is 10.0 Å². The van der Waals surface area contributed by atoms with Crippen molar-refractivity contribution in [3.63, 3.8) is 0 Å². The summed E-state index contributed by atoms with van der Waals surface area (Å²) in [6.45, 7) is 10.6. The highest BCUT2D eigenvalue weighted by atomic mass is 35.5. The van der Waals surface area contributed by atoms with Crippen molar-refractivity contribution in [1.82, 2.24) is 24.6 Å². The summed E-state index contributed by atoms with van der Waals surface area (Å²) in [5.41, 5.74) is 10.8. The number of primary amides is 1. The number of aryl methyl sites for hydroxylation is 1. The van der Waals surface area contributed by atoms with E-state index in [0.29, 0.717) is 70.8 Å². The largest absolute Gasteiger partial charge is 0.496 e. The van der Waals surface area contributed by atoms with E-state index in [-0.39, 0.29) is 23.4 Å². The summed E-state index contributed by atoms with van der Waals surface area (Å²) in [6.07, 6.45) is 3.84. The molecule has 0 radical (unpaired) electrons. The van der Waals surface area contributed by atoms with Crippen molar-refractivity contribution >= 4 is 41.1 Å². The van der Waals surface area contributed by atoms with Gasteiger partial charge in [-0.25, -0.2) is 9.48 Å². The van der Waals surface area contributed by atoms with Gasteiger partial charge in [0.15, 0.2) is 5.69 Å². The average molecular weight is 720 g/mol. The van der Waals surface area contributed by atoms with E-state index in [9.17, 15) is 14.4 Å². The highest BCUT2D eigenvalue weighted by Crippen LogP contribution is 2.43. The normalized spacial score (nSPS) is 15.8. The van der Waals surface area contributed by atoms with Gasteiger partial charge in [0, 0.05) is 64.3 Å². The zero-order valence-corrected chi connectivity index (χ0v) is 30.4. The molecule has 2 aromatic heterocycles. The Morgan fingerprint density at radius 3 is 2.32 bits per heavy atom. The molecular formula is C37H40Cl2N6O5. The molecule has 6 rings (SSSR count). The van der Waals surface area contributed by atoms with Crippen LogP contribution in [-0.4, -0.2) is 80.9 Å². The number of rotatable bonds is 6. The predicted molar refractivity (Wildman–Crippen MR) is 192 cm³/mol. The van der Waals surface area contributed by atoms with Crippen molar-refractivity contribution in [3.05, 3.63) is 81.2 Å².